The molecule has 0 spiro atoms. The Morgan fingerprint density at radius 1 is 1.80 bits per heavy atom. The smallest absolute Gasteiger partial charge is 0.243 e. The summed E-state index contributed by atoms with van der Waals surface area (Å²) in [6.07, 6.45) is 0. The van der Waals surface area contributed by atoms with Crippen molar-refractivity contribution in [3.05, 3.63) is 0 Å². The summed E-state index contributed by atoms with van der Waals surface area (Å²) in [7, 11) is 0. The van der Waals surface area contributed by atoms with Gasteiger partial charge < -0.3 is 5.73 Å². The van der Waals surface area contributed by atoms with E-state index in [2.05, 4.69) is 14.7 Å². The molecule has 6 heteroatoms. The molecule has 0 saturated carbocycles. The lowest BCUT2D eigenvalue weighted by Crippen LogP contribution is -2.06. The van der Waals surface area contributed by atoms with E-state index >= 15 is 0 Å². The molecule has 0 fully saturated rings. The lowest BCUT2D eigenvalue weighted by molar-refractivity contribution is -0.114. The Balaban J connectivity index is 2.67. The molecule has 1 rings (SSSR count). The highest BCUT2D eigenvalue weighted by atomic mass is 32.1. The van der Waals surface area contributed by atoms with Crippen LogP contribution >= 0.6 is 11.5 Å². The molecule has 0 aromatic carbocycles. The van der Waals surface area contributed by atoms with Gasteiger partial charge in [-0.2, -0.15) is 9.36 Å². The van der Waals surface area contributed by atoms with Crippen LogP contribution in [0.15, 0.2) is 0 Å². The SMILES string of the molecule is CC(=O)Nc1nsc(N)n1. The van der Waals surface area contributed by atoms with Gasteiger partial charge in [0.2, 0.25) is 17.0 Å². The normalized spacial score (nSPS) is 9.30. The third-order valence-corrected chi connectivity index (χ3v) is 1.27. The van der Waals surface area contributed by atoms with Gasteiger partial charge in [0, 0.05) is 18.5 Å². The van der Waals surface area contributed by atoms with E-state index in [0.29, 0.717) is 5.13 Å². The quantitative estimate of drug-likeness (QED) is 0.606. The van der Waals surface area contributed by atoms with Crippen molar-refractivity contribution in [1.82, 2.24) is 9.36 Å². The molecule has 1 aromatic heterocycles. The number of rotatable bonds is 1. The third-order valence-electron chi connectivity index (χ3n) is 0.730. The van der Waals surface area contributed by atoms with E-state index in [1.165, 1.54) is 6.92 Å². The van der Waals surface area contributed by atoms with E-state index in [0.717, 1.165) is 11.5 Å². The molecule has 0 unspecified atom stereocenters. The van der Waals surface area contributed by atoms with Crippen molar-refractivity contribution in [1.29, 1.82) is 0 Å². The van der Waals surface area contributed by atoms with Crippen molar-refractivity contribution >= 4 is 28.5 Å². The van der Waals surface area contributed by atoms with Crippen LogP contribution in [-0.2, 0) is 4.79 Å². The molecule has 54 valence electrons. The standard InChI is InChI=1S/C4H6N4OS/c1-2(9)6-4-7-3(5)10-8-4/h1H3,(H3,5,6,7,8,9). The van der Waals surface area contributed by atoms with Gasteiger partial charge in [-0.25, -0.2) is 0 Å². The van der Waals surface area contributed by atoms with Crippen LogP contribution in [-0.4, -0.2) is 15.3 Å². The second-order valence-corrected chi connectivity index (χ2v) is 2.42. The minimum atomic E-state index is -0.196. The lowest BCUT2D eigenvalue weighted by Gasteiger charge is -1.89. The first-order chi connectivity index (χ1) is 4.68. The first-order valence-electron chi connectivity index (χ1n) is 2.55. The zero-order chi connectivity index (χ0) is 7.56. The molecule has 0 saturated heterocycles. The van der Waals surface area contributed by atoms with Crippen molar-refractivity contribution in [2.75, 3.05) is 11.1 Å². The second-order valence-electron chi connectivity index (χ2n) is 1.64. The van der Waals surface area contributed by atoms with Crippen molar-refractivity contribution in [2.24, 2.45) is 0 Å². The number of nitrogens with one attached hydrogen (secondary N) is 1. The fourth-order valence-electron chi connectivity index (χ4n) is 0.443. The van der Waals surface area contributed by atoms with Crippen LogP contribution < -0.4 is 11.1 Å². The van der Waals surface area contributed by atoms with E-state index in [9.17, 15) is 4.79 Å². The van der Waals surface area contributed by atoms with Gasteiger partial charge in [0.1, 0.15) is 0 Å². The van der Waals surface area contributed by atoms with E-state index in [4.69, 9.17) is 5.73 Å². The summed E-state index contributed by atoms with van der Waals surface area (Å²) in [5.74, 6) is 0.0767. The van der Waals surface area contributed by atoms with Crippen LogP contribution in [0.4, 0.5) is 11.1 Å². The Morgan fingerprint density at radius 3 is 2.90 bits per heavy atom. The molecular weight excluding hydrogens is 152 g/mol. The van der Waals surface area contributed by atoms with Gasteiger partial charge in [-0.15, -0.1) is 0 Å². The number of nitrogens with two attached hydrogens (primary N) is 1. The Kier molecular flexibility index (Phi) is 1.81. The Bertz CT molecular complexity index is 245. The maximum absolute atomic E-state index is 10.4. The van der Waals surface area contributed by atoms with Gasteiger partial charge in [0.25, 0.3) is 0 Å². The summed E-state index contributed by atoms with van der Waals surface area (Å²) in [4.78, 5) is 14.1. The maximum atomic E-state index is 10.4. The summed E-state index contributed by atoms with van der Waals surface area (Å²) in [5, 5.41) is 2.75. The van der Waals surface area contributed by atoms with Crippen LogP contribution in [0.5, 0.6) is 0 Å². The summed E-state index contributed by atoms with van der Waals surface area (Å²) in [6.45, 7) is 1.39. The molecule has 10 heavy (non-hydrogen) atoms. The zero-order valence-corrected chi connectivity index (χ0v) is 6.10. The van der Waals surface area contributed by atoms with Crippen LogP contribution in [0.2, 0.25) is 0 Å². The Labute approximate surface area is 61.4 Å². The highest BCUT2D eigenvalue weighted by molar-refractivity contribution is 7.09. The number of aromatic nitrogens is 2. The summed E-state index contributed by atoms with van der Waals surface area (Å²) >= 11 is 1.05. The summed E-state index contributed by atoms with van der Waals surface area (Å²) < 4.78 is 3.73. The molecule has 3 N–H and O–H groups in total. The molecule has 0 radical (unpaired) electrons. The van der Waals surface area contributed by atoms with Gasteiger partial charge in [-0.05, 0) is 0 Å². The van der Waals surface area contributed by atoms with Crippen molar-refractivity contribution in [2.45, 2.75) is 6.92 Å². The van der Waals surface area contributed by atoms with E-state index in [1.54, 1.807) is 0 Å². The predicted molar refractivity (Wildman–Crippen MR) is 38.6 cm³/mol. The molecule has 5 nitrogen and oxygen atoms in total. The number of nitrogens with zero attached hydrogens (tertiary/aromatic N) is 2. The van der Waals surface area contributed by atoms with Crippen molar-refractivity contribution in [3.8, 4) is 0 Å². The number of nitrogen functional groups attached to an aromatic ring is 1. The monoisotopic (exact) mass is 158 g/mol. The van der Waals surface area contributed by atoms with Gasteiger partial charge in [-0.3, -0.25) is 10.1 Å². The van der Waals surface area contributed by atoms with Crippen molar-refractivity contribution < 1.29 is 4.79 Å². The maximum Gasteiger partial charge on any atom is 0.243 e. The molecule has 1 amide bonds. The Hall–Kier alpha value is -1.17. The van der Waals surface area contributed by atoms with Crippen LogP contribution in [0.3, 0.4) is 0 Å². The van der Waals surface area contributed by atoms with Crippen LogP contribution in [0, 0.1) is 0 Å². The number of hydrogen-bond donors (Lipinski definition) is 2. The van der Waals surface area contributed by atoms with E-state index in [-0.39, 0.29) is 11.9 Å². The zero-order valence-electron chi connectivity index (χ0n) is 5.29. The second kappa shape index (κ2) is 2.61. The predicted octanol–water partition coefficient (Wildman–Crippen LogP) is 0.0787. The number of anilines is 2. The topological polar surface area (TPSA) is 80.9 Å². The molecule has 1 heterocycles. The number of carbonyl (C=O) groups excluding carboxylic acids is 1. The molecule has 0 aliphatic heterocycles. The molecule has 0 atom stereocenters. The van der Waals surface area contributed by atoms with Gasteiger partial charge in [0.15, 0.2) is 0 Å². The minimum absolute atomic E-state index is 0.196. The van der Waals surface area contributed by atoms with Gasteiger partial charge >= 0.3 is 0 Å². The highest BCUT2D eigenvalue weighted by Gasteiger charge is 2.00. The van der Waals surface area contributed by atoms with Crippen LogP contribution in [0.25, 0.3) is 0 Å². The molecule has 0 aliphatic rings. The highest BCUT2D eigenvalue weighted by Crippen LogP contribution is 2.08. The van der Waals surface area contributed by atoms with Crippen molar-refractivity contribution in [3.63, 3.8) is 0 Å². The average Bonchev–Trinajstić information content (AvgIpc) is 2.13. The number of carbonyl (C=O) groups is 1. The molecule has 0 aliphatic carbocycles. The van der Waals surface area contributed by atoms with Gasteiger partial charge in [0.05, 0.1) is 0 Å². The van der Waals surface area contributed by atoms with E-state index in [1.807, 2.05) is 0 Å². The number of hydrogen-bond acceptors (Lipinski definition) is 5. The molecular formula is C4H6N4OS. The number of amides is 1. The molecule has 1 aromatic rings. The summed E-state index contributed by atoms with van der Waals surface area (Å²) in [5.41, 5.74) is 5.25. The first-order valence-corrected chi connectivity index (χ1v) is 3.32. The van der Waals surface area contributed by atoms with E-state index < -0.39 is 0 Å². The van der Waals surface area contributed by atoms with Gasteiger partial charge in [-0.1, -0.05) is 0 Å². The fraction of sp³-hybridized carbons (Fsp3) is 0.250. The minimum Gasteiger partial charge on any atom is -0.374 e. The Morgan fingerprint density at radius 2 is 2.50 bits per heavy atom. The summed E-state index contributed by atoms with van der Waals surface area (Å²) in [6, 6.07) is 0. The lowest BCUT2D eigenvalue weighted by atomic mass is 10.7. The molecule has 0 bridgehead atoms. The largest absolute Gasteiger partial charge is 0.374 e. The van der Waals surface area contributed by atoms with Crippen LogP contribution in [0.1, 0.15) is 6.92 Å². The third kappa shape index (κ3) is 1.66. The fourth-order valence-corrected chi connectivity index (χ4v) is 0.837. The first kappa shape index (κ1) is 6.94. The average molecular weight is 158 g/mol.